The lowest BCUT2D eigenvalue weighted by molar-refractivity contribution is 0.0114. The van der Waals surface area contributed by atoms with Crippen LogP contribution in [0.5, 0.6) is 0 Å². The predicted octanol–water partition coefficient (Wildman–Crippen LogP) is 1.09. The number of anilines is 1. The zero-order valence-electron chi connectivity index (χ0n) is 11.6. The van der Waals surface area contributed by atoms with Crippen LogP contribution in [-0.2, 0) is 4.74 Å². The number of hydrogen-bond donors (Lipinski definition) is 0. The molecule has 2 saturated heterocycles. The van der Waals surface area contributed by atoms with Gasteiger partial charge in [0, 0.05) is 44.1 Å². The molecule has 0 aliphatic carbocycles. The Labute approximate surface area is 114 Å². The molecule has 0 amide bonds. The van der Waals surface area contributed by atoms with Crippen molar-refractivity contribution in [3.63, 3.8) is 0 Å². The minimum Gasteiger partial charge on any atom is -0.379 e. The van der Waals surface area contributed by atoms with Crippen molar-refractivity contribution in [1.29, 1.82) is 0 Å². The molecule has 0 atom stereocenters. The van der Waals surface area contributed by atoms with E-state index in [0.29, 0.717) is 6.04 Å². The summed E-state index contributed by atoms with van der Waals surface area (Å²) < 4.78 is 5.42. The van der Waals surface area contributed by atoms with Crippen LogP contribution in [0.1, 0.15) is 18.5 Å². The van der Waals surface area contributed by atoms with E-state index in [-0.39, 0.29) is 0 Å². The molecule has 19 heavy (non-hydrogen) atoms. The summed E-state index contributed by atoms with van der Waals surface area (Å²) >= 11 is 0. The minimum atomic E-state index is 0.713. The molecule has 0 aromatic carbocycles. The van der Waals surface area contributed by atoms with Gasteiger partial charge >= 0.3 is 0 Å². The van der Waals surface area contributed by atoms with Crippen molar-refractivity contribution >= 4 is 5.95 Å². The third kappa shape index (κ3) is 3.04. The van der Waals surface area contributed by atoms with E-state index in [4.69, 9.17) is 4.74 Å². The van der Waals surface area contributed by atoms with Crippen LogP contribution in [-0.4, -0.2) is 60.3 Å². The Morgan fingerprint density at radius 1 is 1.16 bits per heavy atom. The Morgan fingerprint density at radius 2 is 1.89 bits per heavy atom. The number of piperidine rings is 1. The van der Waals surface area contributed by atoms with Gasteiger partial charge in [0.1, 0.15) is 0 Å². The maximum atomic E-state index is 5.42. The van der Waals surface area contributed by atoms with Gasteiger partial charge in [0.05, 0.1) is 13.2 Å². The van der Waals surface area contributed by atoms with E-state index in [1.807, 2.05) is 19.2 Å². The van der Waals surface area contributed by atoms with Crippen LogP contribution in [0.3, 0.4) is 0 Å². The molecule has 0 saturated carbocycles. The van der Waals surface area contributed by atoms with E-state index in [1.54, 1.807) is 0 Å². The highest BCUT2D eigenvalue weighted by Gasteiger charge is 2.26. The fourth-order valence-corrected chi connectivity index (χ4v) is 2.96. The summed E-state index contributed by atoms with van der Waals surface area (Å²) in [6.45, 7) is 8.10. The summed E-state index contributed by atoms with van der Waals surface area (Å²) in [5, 5.41) is 0. The average Bonchev–Trinajstić information content (AvgIpc) is 2.48. The van der Waals surface area contributed by atoms with Crippen LogP contribution >= 0.6 is 0 Å². The first kappa shape index (κ1) is 12.8. The highest BCUT2D eigenvalue weighted by Crippen LogP contribution is 2.20. The normalized spacial score (nSPS) is 22.7. The second-order valence-electron chi connectivity index (χ2n) is 5.36. The Bertz CT molecular complexity index is 412. The number of aryl methyl sites for hydroxylation is 1. The highest BCUT2D eigenvalue weighted by molar-refractivity contribution is 5.30. The average molecular weight is 262 g/mol. The molecule has 3 heterocycles. The van der Waals surface area contributed by atoms with E-state index in [0.717, 1.165) is 51.0 Å². The van der Waals surface area contributed by atoms with E-state index >= 15 is 0 Å². The van der Waals surface area contributed by atoms with Gasteiger partial charge in [0.15, 0.2) is 0 Å². The maximum absolute atomic E-state index is 5.42. The molecule has 5 heteroatoms. The second kappa shape index (κ2) is 5.84. The van der Waals surface area contributed by atoms with Crippen molar-refractivity contribution in [2.45, 2.75) is 25.8 Å². The molecule has 0 spiro atoms. The lowest BCUT2D eigenvalue weighted by Gasteiger charge is -2.40. The van der Waals surface area contributed by atoms with E-state index in [2.05, 4.69) is 19.8 Å². The molecule has 2 aliphatic heterocycles. The van der Waals surface area contributed by atoms with E-state index in [9.17, 15) is 0 Å². The number of morpholine rings is 1. The summed E-state index contributed by atoms with van der Waals surface area (Å²) in [5.41, 5.74) is 1.04. The van der Waals surface area contributed by atoms with Gasteiger partial charge in [-0.1, -0.05) is 0 Å². The van der Waals surface area contributed by atoms with Crippen molar-refractivity contribution in [3.05, 3.63) is 18.0 Å². The van der Waals surface area contributed by atoms with Crippen molar-refractivity contribution in [1.82, 2.24) is 14.9 Å². The summed E-state index contributed by atoms with van der Waals surface area (Å²) in [4.78, 5) is 13.8. The van der Waals surface area contributed by atoms with Gasteiger partial charge in [0.25, 0.3) is 0 Å². The van der Waals surface area contributed by atoms with Crippen molar-refractivity contribution in [2.75, 3.05) is 44.3 Å². The van der Waals surface area contributed by atoms with Gasteiger partial charge in [-0.2, -0.15) is 0 Å². The van der Waals surface area contributed by atoms with Crippen LogP contribution < -0.4 is 4.90 Å². The molecule has 3 rings (SSSR count). The standard InChI is InChI=1S/C14H22N4O/c1-12-2-5-15-14(16-12)18-6-3-13(4-7-18)17-8-10-19-11-9-17/h2,5,13H,3-4,6-11H2,1H3. The quantitative estimate of drug-likeness (QED) is 0.798. The zero-order chi connectivity index (χ0) is 13.1. The number of nitrogens with zero attached hydrogens (tertiary/aromatic N) is 4. The smallest absolute Gasteiger partial charge is 0.225 e. The molecule has 1 aromatic rings. The van der Waals surface area contributed by atoms with Gasteiger partial charge < -0.3 is 9.64 Å². The van der Waals surface area contributed by atoms with Gasteiger partial charge in [-0.3, -0.25) is 4.90 Å². The first-order chi connectivity index (χ1) is 9.33. The number of ether oxygens (including phenoxy) is 1. The molecule has 0 unspecified atom stereocenters. The second-order valence-corrected chi connectivity index (χ2v) is 5.36. The fourth-order valence-electron chi connectivity index (χ4n) is 2.96. The Morgan fingerprint density at radius 3 is 2.58 bits per heavy atom. The van der Waals surface area contributed by atoms with Gasteiger partial charge in [-0.05, 0) is 25.8 Å². The van der Waals surface area contributed by atoms with Crippen LogP contribution in [0.15, 0.2) is 12.3 Å². The highest BCUT2D eigenvalue weighted by atomic mass is 16.5. The third-order valence-corrected chi connectivity index (χ3v) is 4.09. The Hall–Kier alpha value is -1.20. The third-order valence-electron chi connectivity index (χ3n) is 4.09. The summed E-state index contributed by atoms with van der Waals surface area (Å²) in [6.07, 6.45) is 4.26. The van der Waals surface area contributed by atoms with E-state index < -0.39 is 0 Å². The maximum Gasteiger partial charge on any atom is 0.225 e. The molecule has 2 aliphatic rings. The summed E-state index contributed by atoms with van der Waals surface area (Å²) in [7, 11) is 0. The van der Waals surface area contributed by atoms with Crippen LogP contribution in [0.2, 0.25) is 0 Å². The van der Waals surface area contributed by atoms with Crippen LogP contribution in [0.4, 0.5) is 5.95 Å². The minimum absolute atomic E-state index is 0.713. The SMILES string of the molecule is Cc1ccnc(N2CCC(N3CCOCC3)CC2)n1. The first-order valence-electron chi connectivity index (χ1n) is 7.19. The molecule has 5 nitrogen and oxygen atoms in total. The largest absolute Gasteiger partial charge is 0.379 e. The molecular formula is C14H22N4O. The van der Waals surface area contributed by atoms with Crippen LogP contribution in [0.25, 0.3) is 0 Å². The summed E-state index contributed by atoms with van der Waals surface area (Å²) in [5.74, 6) is 0.889. The van der Waals surface area contributed by atoms with Crippen molar-refractivity contribution < 1.29 is 4.74 Å². The molecular weight excluding hydrogens is 240 g/mol. The van der Waals surface area contributed by atoms with Gasteiger partial charge in [-0.25, -0.2) is 9.97 Å². The fraction of sp³-hybridized carbons (Fsp3) is 0.714. The molecule has 0 N–H and O–H groups in total. The Kier molecular flexibility index (Phi) is 3.94. The van der Waals surface area contributed by atoms with Crippen LogP contribution in [0, 0.1) is 6.92 Å². The number of aromatic nitrogens is 2. The molecule has 1 aromatic heterocycles. The molecule has 2 fully saturated rings. The molecule has 0 bridgehead atoms. The van der Waals surface area contributed by atoms with Gasteiger partial charge in [-0.15, -0.1) is 0 Å². The number of rotatable bonds is 2. The summed E-state index contributed by atoms with van der Waals surface area (Å²) in [6, 6.07) is 2.66. The molecule has 104 valence electrons. The molecule has 0 radical (unpaired) electrons. The van der Waals surface area contributed by atoms with E-state index in [1.165, 1.54) is 12.8 Å². The lowest BCUT2D eigenvalue weighted by atomic mass is 10.0. The topological polar surface area (TPSA) is 41.5 Å². The first-order valence-corrected chi connectivity index (χ1v) is 7.19. The van der Waals surface area contributed by atoms with Crippen molar-refractivity contribution in [3.8, 4) is 0 Å². The Balaban J connectivity index is 1.57. The lowest BCUT2D eigenvalue weighted by Crippen LogP contribution is -2.49. The van der Waals surface area contributed by atoms with Gasteiger partial charge in [0.2, 0.25) is 5.95 Å². The number of hydrogen-bond acceptors (Lipinski definition) is 5. The predicted molar refractivity (Wildman–Crippen MR) is 74.4 cm³/mol. The zero-order valence-corrected chi connectivity index (χ0v) is 11.6. The van der Waals surface area contributed by atoms with Crippen molar-refractivity contribution in [2.24, 2.45) is 0 Å². The monoisotopic (exact) mass is 262 g/mol.